The third-order valence-electron chi connectivity index (χ3n) is 4.79. The van der Waals surface area contributed by atoms with Crippen LogP contribution in [-0.4, -0.2) is 45.5 Å². The maximum atomic E-state index is 12.6. The molecule has 1 aromatic carbocycles. The van der Waals surface area contributed by atoms with Gasteiger partial charge < -0.3 is 20.1 Å². The number of alkyl halides is 3. The number of carbonyl (C=O) groups is 1. The number of ether oxygens (including phenoxy) is 1. The van der Waals surface area contributed by atoms with E-state index in [9.17, 15) is 23.1 Å². The Morgan fingerprint density at radius 2 is 2.19 bits per heavy atom. The van der Waals surface area contributed by atoms with Crippen LogP contribution in [0.25, 0.3) is 0 Å². The molecule has 1 aliphatic rings. The summed E-state index contributed by atoms with van der Waals surface area (Å²) in [6.45, 7) is 2.71. The number of carbonyl (C=O) groups excluding carboxylic acids is 1. The molecule has 0 saturated heterocycles. The molecule has 2 aromatic rings. The van der Waals surface area contributed by atoms with Gasteiger partial charge in [0.25, 0.3) is 0 Å². The van der Waals surface area contributed by atoms with Crippen molar-refractivity contribution in [3.63, 3.8) is 0 Å². The van der Waals surface area contributed by atoms with Crippen molar-refractivity contribution in [1.82, 2.24) is 20.2 Å². The molecular weight excluding hydrogens is 437 g/mol. The van der Waals surface area contributed by atoms with E-state index in [2.05, 4.69) is 20.0 Å². The highest BCUT2D eigenvalue weighted by Crippen LogP contribution is 2.31. The molecule has 0 fully saturated rings. The molecule has 0 radical (unpaired) electrons. The first-order chi connectivity index (χ1) is 14.6. The SMILES string of the molecule is CC(CO)Cc1ncc2c(n1)CN(C(=O)NCc1ccc(Cl)c(OC(F)(F)F)c1)CC2. The molecular formula is C20H22ClF3N4O3. The average Bonchev–Trinajstić information content (AvgIpc) is 2.72. The van der Waals surface area contributed by atoms with Crippen molar-refractivity contribution in [2.75, 3.05) is 13.2 Å². The summed E-state index contributed by atoms with van der Waals surface area (Å²) >= 11 is 5.74. The summed E-state index contributed by atoms with van der Waals surface area (Å²) in [5.74, 6) is 0.127. The van der Waals surface area contributed by atoms with Gasteiger partial charge in [0, 0.05) is 32.3 Å². The standard InChI is InChI=1S/C20H22ClF3N4O3/c1-12(11-29)6-18-25-9-14-4-5-28(10-16(14)27-18)19(30)26-8-13-2-3-15(21)17(7-13)31-20(22,23)24/h2-3,7,9,12,29H,4-6,8,10-11H2,1H3,(H,26,30). The summed E-state index contributed by atoms with van der Waals surface area (Å²) in [6.07, 6.45) is -1.97. The lowest BCUT2D eigenvalue weighted by atomic mass is 10.1. The Hall–Kier alpha value is -2.59. The van der Waals surface area contributed by atoms with Crippen molar-refractivity contribution in [3.8, 4) is 5.75 Å². The van der Waals surface area contributed by atoms with Gasteiger partial charge in [0.15, 0.2) is 0 Å². The third-order valence-corrected chi connectivity index (χ3v) is 5.10. The van der Waals surface area contributed by atoms with E-state index in [1.165, 1.54) is 12.1 Å². The van der Waals surface area contributed by atoms with Gasteiger partial charge in [-0.3, -0.25) is 0 Å². The van der Waals surface area contributed by atoms with Crippen molar-refractivity contribution in [2.45, 2.75) is 39.2 Å². The van der Waals surface area contributed by atoms with Crippen LogP contribution in [0.4, 0.5) is 18.0 Å². The number of benzene rings is 1. The average molecular weight is 459 g/mol. The second kappa shape index (κ2) is 9.69. The Kier molecular flexibility index (Phi) is 7.22. The zero-order valence-corrected chi connectivity index (χ0v) is 17.5. The van der Waals surface area contributed by atoms with Gasteiger partial charge in [0.2, 0.25) is 0 Å². The van der Waals surface area contributed by atoms with Gasteiger partial charge >= 0.3 is 12.4 Å². The molecule has 0 bridgehead atoms. The van der Waals surface area contributed by atoms with E-state index < -0.39 is 12.1 Å². The van der Waals surface area contributed by atoms with Gasteiger partial charge in [-0.1, -0.05) is 24.6 Å². The molecule has 0 aliphatic carbocycles. The Balaban J connectivity index is 1.61. The van der Waals surface area contributed by atoms with Gasteiger partial charge in [0.1, 0.15) is 11.6 Å². The number of fused-ring (bicyclic) bond motifs is 1. The normalized spacial score (nSPS) is 14.7. The number of hydrogen-bond donors (Lipinski definition) is 2. The second-order valence-corrected chi connectivity index (χ2v) is 7.80. The largest absolute Gasteiger partial charge is 0.573 e. The summed E-state index contributed by atoms with van der Waals surface area (Å²) in [6, 6.07) is 3.58. The van der Waals surface area contributed by atoms with Gasteiger partial charge in [-0.05, 0) is 35.6 Å². The zero-order chi connectivity index (χ0) is 22.6. The number of nitrogens with one attached hydrogen (secondary N) is 1. The minimum Gasteiger partial charge on any atom is -0.404 e. The fourth-order valence-corrected chi connectivity index (χ4v) is 3.30. The third kappa shape index (κ3) is 6.44. The Labute approximate surface area is 182 Å². The molecule has 0 spiro atoms. The maximum absolute atomic E-state index is 12.6. The molecule has 31 heavy (non-hydrogen) atoms. The van der Waals surface area contributed by atoms with Crippen molar-refractivity contribution >= 4 is 17.6 Å². The molecule has 2 N–H and O–H groups in total. The summed E-state index contributed by atoms with van der Waals surface area (Å²) in [7, 11) is 0. The van der Waals surface area contributed by atoms with E-state index in [1.807, 2.05) is 6.92 Å². The van der Waals surface area contributed by atoms with Crippen LogP contribution in [0.3, 0.4) is 0 Å². The lowest BCUT2D eigenvalue weighted by Gasteiger charge is -2.28. The number of amides is 2. The van der Waals surface area contributed by atoms with Crippen LogP contribution in [0.5, 0.6) is 5.75 Å². The van der Waals surface area contributed by atoms with Crippen LogP contribution < -0.4 is 10.1 Å². The molecule has 168 valence electrons. The van der Waals surface area contributed by atoms with Gasteiger partial charge in [-0.15, -0.1) is 13.2 Å². The number of nitrogens with zero attached hydrogens (tertiary/aromatic N) is 3. The molecule has 7 nitrogen and oxygen atoms in total. The van der Waals surface area contributed by atoms with Crippen molar-refractivity contribution in [1.29, 1.82) is 0 Å². The number of aromatic nitrogens is 2. The van der Waals surface area contributed by atoms with Gasteiger partial charge in [-0.2, -0.15) is 0 Å². The van der Waals surface area contributed by atoms with Crippen LogP contribution in [0.1, 0.15) is 29.6 Å². The second-order valence-electron chi connectivity index (χ2n) is 7.39. The highest BCUT2D eigenvalue weighted by molar-refractivity contribution is 6.32. The number of urea groups is 1. The molecule has 0 saturated carbocycles. The van der Waals surface area contributed by atoms with Crippen LogP contribution in [0.2, 0.25) is 5.02 Å². The van der Waals surface area contributed by atoms with E-state index in [0.29, 0.717) is 37.3 Å². The zero-order valence-electron chi connectivity index (χ0n) is 16.7. The fourth-order valence-electron chi connectivity index (χ4n) is 3.14. The number of hydrogen-bond acceptors (Lipinski definition) is 5. The first kappa shape index (κ1) is 23.1. The van der Waals surface area contributed by atoms with Crippen LogP contribution in [0, 0.1) is 5.92 Å². The number of halogens is 4. The summed E-state index contributed by atoms with van der Waals surface area (Å²) in [4.78, 5) is 23.0. The highest BCUT2D eigenvalue weighted by atomic mass is 35.5. The summed E-state index contributed by atoms with van der Waals surface area (Å²) < 4.78 is 41.3. The van der Waals surface area contributed by atoms with E-state index in [1.54, 1.807) is 11.1 Å². The van der Waals surface area contributed by atoms with E-state index in [-0.39, 0.29) is 30.1 Å². The van der Waals surface area contributed by atoms with Crippen LogP contribution in [0.15, 0.2) is 24.4 Å². The van der Waals surface area contributed by atoms with Crippen molar-refractivity contribution in [3.05, 3.63) is 52.1 Å². The smallest absolute Gasteiger partial charge is 0.404 e. The topological polar surface area (TPSA) is 87.6 Å². The number of rotatable bonds is 6. The van der Waals surface area contributed by atoms with Crippen LogP contribution in [-0.2, 0) is 25.9 Å². The van der Waals surface area contributed by atoms with E-state index in [0.717, 1.165) is 17.3 Å². The predicted molar refractivity (Wildman–Crippen MR) is 106 cm³/mol. The molecule has 11 heteroatoms. The molecule has 1 unspecified atom stereocenters. The van der Waals surface area contributed by atoms with Gasteiger partial charge in [-0.25, -0.2) is 14.8 Å². The van der Waals surface area contributed by atoms with Crippen molar-refractivity contribution < 1.29 is 27.8 Å². The lowest BCUT2D eigenvalue weighted by molar-refractivity contribution is -0.274. The van der Waals surface area contributed by atoms with E-state index in [4.69, 9.17) is 11.6 Å². The number of aliphatic hydroxyl groups excluding tert-OH is 1. The molecule has 1 aliphatic heterocycles. The van der Waals surface area contributed by atoms with Crippen LogP contribution >= 0.6 is 11.6 Å². The van der Waals surface area contributed by atoms with Crippen molar-refractivity contribution in [2.24, 2.45) is 5.92 Å². The Bertz CT molecular complexity index is 942. The molecule has 3 rings (SSSR count). The monoisotopic (exact) mass is 458 g/mol. The summed E-state index contributed by atoms with van der Waals surface area (Å²) in [5, 5.41) is 11.7. The highest BCUT2D eigenvalue weighted by Gasteiger charge is 2.32. The molecule has 2 amide bonds. The Morgan fingerprint density at radius 1 is 1.42 bits per heavy atom. The molecule has 2 heterocycles. The molecule has 1 atom stereocenters. The summed E-state index contributed by atoms with van der Waals surface area (Å²) in [5.41, 5.74) is 2.14. The van der Waals surface area contributed by atoms with E-state index >= 15 is 0 Å². The molecule has 1 aromatic heterocycles. The lowest BCUT2D eigenvalue weighted by Crippen LogP contribution is -2.43. The minimum absolute atomic E-state index is 0.0105. The quantitative estimate of drug-likeness (QED) is 0.692. The maximum Gasteiger partial charge on any atom is 0.573 e. The first-order valence-electron chi connectivity index (χ1n) is 9.66. The Morgan fingerprint density at radius 3 is 2.90 bits per heavy atom. The fraction of sp³-hybridized carbons (Fsp3) is 0.450. The first-order valence-corrected chi connectivity index (χ1v) is 10.0. The number of aliphatic hydroxyl groups is 1. The minimum atomic E-state index is -4.86. The predicted octanol–water partition coefficient (Wildman–Crippen LogP) is 3.47. The van der Waals surface area contributed by atoms with Gasteiger partial charge in [0.05, 0.1) is 17.3 Å².